The van der Waals surface area contributed by atoms with Crippen LogP contribution in [0.15, 0.2) is 53.1 Å². The topological polar surface area (TPSA) is 86.5 Å². The van der Waals surface area contributed by atoms with Crippen LogP contribution in [-0.4, -0.2) is 30.3 Å². The zero-order chi connectivity index (χ0) is 24.4. The second-order valence-electron chi connectivity index (χ2n) is 8.58. The monoisotopic (exact) mass is 469 g/mol. The number of amides is 1. The van der Waals surface area contributed by atoms with Crippen molar-refractivity contribution in [2.75, 3.05) is 14.2 Å². The molecule has 0 atom stereocenters. The third-order valence-corrected chi connectivity index (χ3v) is 6.25. The van der Waals surface area contributed by atoms with Crippen LogP contribution in [0.1, 0.15) is 51.5 Å². The van der Waals surface area contributed by atoms with E-state index in [1.807, 2.05) is 55.5 Å². The molecule has 0 aliphatic heterocycles. The predicted molar refractivity (Wildman–Crippen MR) is 135 cm³/mol. The number of pyridine rings is 1. The first-order valence-electron chi connectivity index (χ1n) is 11.6. The lowest BCUT2D eigenvalue weighted by molar-refractivity contribution is 0.0950. The van der Waals surface area contributed by atoms with Crippen LogP contribution in [0.5, 0.6) is 11.5 Å². The second kappa shape index (κ2) is 9.62. The number of nitrogens with zero attached hydrogens (tertiary/aromatic N) is 2. The fourth-order valence-electron chi connectivity index (χ4n) is 4.64. The Morgan fingerprint density at radius 1 is 1.09 bits per heavy atom. The Morgan fingerprint density at radius 2 is 1.91 bits per heavy atom. The molecule has 0 spiro atoms. The highest BCUT2D eigenvalue weighted by molar-refractivity contribution is 6.09. The number of aryl methyl sites for hydroxylation is 1. The number of hydrogen-bond acceptors (Lipinski definition) is 6. The van der Waals surface area contributed by atoms with E-state index in [-0.39, 0.29) is 5.91 Å². The summed E-state index contributed by atoms with van der Waals surface area (Å²) in [6, 6.07) is 15.5. The van der Waals surface area contributed by atoms with Gasteiger partial charge in [0.25, 0.3) is 5.91 Å². The van der Waals surface area contributed by atoms with E-state index in [1.54, 1.807) is 14.2 Å². The summed E-state index contributed by atoms with van der Waals surface area (Å²) < 4.78 is 16.0. The summed E-state index contributed by atoms with van der Waals surface area (Å²) in [7, 11) is 3.25. The van der Waals surface area contributed by atoms with E-state index >= 15 is 0 Å². The zero-order valence-electron chi connectivity index (χ0n) is 20.1. The molecule has 7 nitrogen and oxygen atoms in total. The standard InChI is InChI=1S/C28H27N3O4/c1-17-13-20(31-35-17)16-29-28(32)26-21-8-4-5-10-23(21)30-27-19(7-6-9-22(26)27)14-18-11-12-24(33-2)25(15-18)34-3/h4-5,8,10-15H,6-7,9,16H2,1-3H3,(H,29,32)/b19-14+. The number of carbonyl (C=O) groups is 1. The van der Waals surface area contributed by atoms with Crippen molar-refractivity contribution >= 4 is 28.5 Å². The highest BCUT2D eigenvalue weighted by Crippen LogP contribution is 2.37. The number of aromatic nitrogens is 2. The first kappa shape index (κ1) is 22.7. The third kappa shape index (κ3) is 4.49. The smallest absolute Gasteiger partial charge is 0.252 e. The van der Waals surface area contributed by atoms with Crippen LogP contribution in [-0.2, 0) is 13.0 Å². The Labute approximate surface area is 203 Å². The second-order valence-corrected chi connectivity index (χ2v) is 8.58. The molecule has 0 fully saturated rings. The minimum absolute atomic E-state index is 0.132. The minimum Gasteiger partial charge on any atom is -0.493 e. The number of para-hydroxylation sites is 1. The summed E-state index contributed by atoms with van der Waals surface area (Å²) in [6.07, 6.45) is 4.74. The van der Waals surface area contributed by atoms with Crippen molar-refractivity contribution < 1.29 is 18.8 Å². The first-order chi connectivity index (χ1) is 17.1. The Bertz CT molecular complexity index is 1440. The van der Waals surface area contributed by atoms with E-state index in [9.17, 15) is 4.79 Å². The number of benzene rings is 2. The number of methoxy groups -OCH3 is 2. The molecule has 1 aliphatic rings. The van der Waals surface area contributed by atoms with E-state index in [4.69, 9.17) is 19.0 Å². The molecule has 0 radical (unpaired) electrons. The van der Waals surface area contributed by atoms with Crippen molar-refractivity contribution in [1.82, 2.24) is 15.5 Å². The molecule has 0 saturated heterocycles. The SMILES string of the molecule is COc1ccc(/C=C2\CCCc3c2nc2ccccc2c3C(=O)NCc2cc(C)on2)cc1OC. The van der Waals surface area contributed by atoms with Gasteiger partial charge in [0.1, 0.15) is 11.5 Å². The lowest BCUT2D eigenvalue weighted by Gasteiger charge is -2.23. The van der Waals surface area contributed by atoms with Crippen LogP contribution >= 0.6 is 0 Å². The van der Waals surface area contributed by atoms with Gasteiger partial charge in [-0.15, -0.1) is 0 Å². The first-order valence-corrected chi connectivity index (χ1v) is 11.6. The summed E-state index contributed by atoms with van der Waals surface area (Å²) in [4.78, 5) is 18.5. The van der Waals surface area contributed by atoms with Gasteiger partial charge in [-0.05, 0) is 67.2 Å². The normalized spacial score (nSPS) is 14.1. The van der Waals surface area contributed by atoms with Crippen LogP contribution in [0.25, 0.3) is 22.6 Å². The van der Waals surface area contributed by atoms with Gasteiger partial charge in [0.15, 0.2) is 11.5 Å². The summed E-state index contributed by atoms with van der Waals surface area (Å²) >= 11 is 0. The van der Waals surface area contributed by atoms with Crippen molar-refractivity contribution in [2.24, 2.45) is 0 Å². The summed E-state index contributed by atoms with van der Waals surface area (Å²) in [5, 5.41) is 7.86. The number of ether oxygens (including phenoxy) is 2. The van der Waals surface area contributed by atoms with E-state index in [1.165, 1.54) is 0 Å². The van der Waals surface area contributed by atoms with Crippen LogP contribution in [0.3, 0.4) is 0 Å². The van der Waals surface area contributed by atoms with Gasteiger partial charge in [0.05, 0.1) is 37.5 Å². The summed E-state index contributed by atoms with van der Waals surface area (Å²) in [6.45, 7) is 2.13. The van der Waals surface area contributed by atoms with Gasteiger partial charge in [-0.25, -0.2) is 4.98 Å². The molecule has 178 valence electrons. The number of hydrogen-bond donors (Lipinski definition) is 1. The predicted octanol–water partition coefficient (Wildman–Crippen LogP) is 5.36. The molecule has 1 amide bonds. The molecule has 1 N–H and O–H groups in total. The fourth-order valence-corrected chi connectivity index (χ4v) is 4.64. The number of nitrogens with one attached hydrogen (secondary N) is 1. The maximum absolute atomic E-state index is 13.5. The van der Waals surface area contributed by atoms with Crippen LogP contribution < -0.4 is 14.8 Å². The third-order valence-electron chi connectivity index (χ3n) is 6.25. The Balaban J connectivity index is 1.57. The number of carbonyl (C=O) groups excluding carboxylic acids is 1. The molecule has 0 saturated carbocycles. The van der Waals surface area contributed by atoms with Crippen LogP contribution in [0.4, 0.5) is 0 Å². The van der Waals surface area contributed by atoms with Gasteiger partial charge in [-0.2, -0.15) is 0 Å². The maximum atomic E-state index is 13.5. The number of allylic oxidation sites excluding steroid dienone is 1. The number of fused-ring (bicyclic) bond motifs is 2. The Hall–Kier alpha value is -4.13. The van der Waals surface area contributed by atoms with Crippen LogP contribution in [0.2, 0.25) is 0 Å². The largest absolute Gasteiger partial charge is 0.493 e. The molecule has 2 aromatic heterocycles. The van der Waals surface area contributed by atoms with E-state index < -0.39 is 0 Å². The fraction of sp³-hybridized carbons (Fsp3) is 0.250. The van der Waals surface area contributed by atoms with E-state index in [0.717, 1.165) is 52.6 Å². The average molecular weight is 470 g/mol. The van der Waals surface area contributed by atoms with Gasteiger partial charge in [0.2, 0.25) is 0 Å². The Kier molecular flexibility index (Phi) is 6.23. The molecule has 1 aliphatic carbocycles. The Morgan fingerprint density at radius 3 is 2.69 bits per heavy atom. The molecule has 2 heterocycles. The molecular weight excluding hydrogens is 442 g/mol. The van der Waals surface area contributed by atoms with Crippen molar-refractivity contribution in [2.45, 2.75) is 32.7 Å². The highest BCUT2D eigenvalue weighted by atomic mass is 16.5. The van der Waals surface area contributed by atoms with E-state index in [0.29, 0.717) is 35.1 Å². The molecule has 0 unspecified atom stereocenters. The molecule has 5 rings (SSSR count). The van der Waals surface area contributed by atoms with E-state index in [2.05, 4.69) is 16.5 Å². The molecule has 4 aromatic rings. The van der Waals surface area contributed by atoms with Gasteiger partial charge in [0, 0.05) is 11.5 Å². The zero-order valence-corrected chi connectivity index (χ0v) is 20.1. The van der Waals surface area contributed by atoms with Crippen molar-refractivity contribution in [3.8, 4) is 11.5 Å². The van der Waals surface area contributed by atoms with Crippen molar-refractivity contribution in [1.29, 1.82) is 0 Å². The highest BCUT2D eigenvalue weighted by Gasteiger charge is 2.25. The van der Waals surface area contributed by atoms with Gasteiger partial charge in [-0.1, -0.05) is 29.4 Å². The van der Waals surface area contributed by atoms with Crippen LogP contribution in [0, 0.1) is 6.92 Å². The molecule has 0 bridgehead atoms. The van der Waals surface area contributed by atoms with Gasteiger partial charge in [-0.3, -0.25) is 4.79 Å². The lowest BCUT2D eigenvalue weighted by Crippen LogP contribution is -2.26. The molecule has 35 heavy (non-hydrogen) atoms. The maximum Gasteiger partial charge on any atom is 0.252 e. The number of rotatable bonds is 6. The van der Waals surface area contributed by atoms with Crippen molar-refractivity contribution in [3.63, 3.8) is 0 Å². The summed E-state index contributed by atoms with van der Waals surface area (Å²) in [5.74, 6) is 1.94. The van der Waals surface area contributed by atoms with Gasteiger partial charge >= 0.3 is 0 Å². The average Bonchev–Trinajstić information content (AvgIpc) is 3.31. The molecule has 7 heteroatoms. The molecule has 2 aromatic carbocycles. The molecular formula is C28H27N3O4. The van der Waals surface area contributed by atoms with Gasteiger partial charge < -0.3 is 19.3 Å². The minimum atomic E-state index is -0.132. The quantitative estimate of drug-likeness (QED) is 0.409. The lowest BCUT2D eigenvalue weighted by atomic mass is 9.85. The van der Waals surface area contributed by atoms with Crippen molar-refractivity contribution in [3.05, 3.63) is 82.4 Å². The summed E-state index contributed by atoms with van der Waals surface area (Å²) in [5.41, 5.74) is 6.13.